The van der Waals surface area contributed by atoms with Gasteiger partial charge < -0.3 is 10.4 Å². The van der Waals surface area contributed by atoms with Crippen molar-refractivity contribution in [3.8, 4) is 0 Å². The Hall–Kier alpha value is -2.70. The lowest BCUT2D eigenvalue weighted by atomic mass is 10.00. The molecule has 1 aliphatic rings. The highest BCUT2D eigenvalue weighted by molar-refractivity contribution is 5.82. The summed E-state index contributed by atoms with van der Waals surface area (Å²) in [5.41, 5.74) is 4.61. The third-order valence-corrected chi connectivity index (χ3v) is 5.36. The fourth-order valence-electron chi connectivity index (χ4n) is 3.84. The maximum Gasteiger partial charge on any atom is 0.220 e. The van der Waals surface area contributed by atoms with Crippen LogP contribution in [0.25, 0.3) is 10.9 Å². The molecule has 0 saturated heterocycles. The molecule has 1 aromatic heterocycles. The number of β-amino-alcohol motifs (C(OH)–C–C–N with tert-alkyl or cyclic N) is 1. The summed E-state index contributed by atoms with van der Waals surface area (Å²) in [6.45, 7) is 2.64. The third-order valence-electron chi connectivity index (χ3n) is 5.36. The number of hydrogen-bond acceptors (Lipinski definition) is 4. The third kappa shape index (κ3) is 4.40. The monoisotopic (exact) mass is 378 g/mol. The molecule has 0 aliphatic carbocycles. The number of carbonyl (C=O) groups excluding carboxylic acids is 1. The number of aromatic amines is 1. The average molecular weight is 378 g/mol. The molecule has 146 valence electrons. The fourth-order valence-corrected chi connectivity index (χ4v) is 3.84. The summed E-state index contributed by atoms with van der Waals surface area (Å²) in [4.78, 5) is 14.4. The number of aromatic nitrogens is 2. The molecule has 0 saturated carbocycles. The predicted molar refractivity (Wildman–Crippen MR) is 109 cm³/mol. The number of nitrogens with one attached hydrogen (secondary N) is 2. The van der Waals surface area contributed by atoms with Crippen LogP contribution in [0.15, 0.2) is 48.5 Å². The summed E-state index contributed by atoms with van der Waals surface area (Å²) < 4.78 is 0. The van der Waals surface area contributed by atoms with Crippen molar-refractivity contribution < 1.29 is 9.90 Å². The lowest BCUT2D eigenvalue weighted by molar-refractivity contribution is -0.121. The number of hydrogen-bond donors (Lipinski definition) is 3. The van der Waals surface area contributed by atoms with E-state index in [1.807, 2.05) is 24.3 Å². The summed E-state index contributed by atoms with van der Waals surface area (Å²) in [6.07, 6.45) is 1.41. The van der Waals surface area contributed by atoms with E-state index >= 15 is 0 Å². The summed E-state index contributed by atoms with van der Waals surface area (Å²) in [5.74, 6) is -0.0540. The fraction of sp³-hybridized carbons (Fsp3) is 0.364. The standard InChI is InChI=1S/C22H26N4O2/c27-18(15-26-12-11-16-5-1-2-6-17(16)14-26)13-23-22(28)10-9-21-19-7-3-4-8-20(19)24-25-21/h1-8,18,27H,9-15H2,(H,23,28)(H,24,25). The molecule has 1 atom stereocenters. The molecule has 2 aromatic carbocycles. The van der Waals surface area contributed by atoms with Gasteiger partial charge in [0.25, 0.3) is 0 Å². The molecule has 0 spiro atoms. The topological polar surface area (TPSA) is 81.2 Å². The van der Waals surface area contributed by atoms with Crippen LogP contribution in [0.1, 0.15) is 23.2 Å². The van der Waals surface area contributed by atoms with Crippen LogP contribution in [0, 0.1) is 0 Å². The molecule has 1 unspecified atom stereocenters. The average Bonchev–Trinajstić information content (AvgIpc) is 3.14. The van der Waals surface area contributed by atoms with Crippen LogP contribution in [0.4, 0.5) is 0 Å². The Bertz CT molecular complexity index is 952. The molecule has 3 N–H and O–H groups in total. The lowest BCUT2D eigenvalue weighted by Crippen LogP contribution is -2.42. The first kappa shape index (κ1) is 18.7. The van der Waals surface area contributed by atoms with E-state index in [1.54, 1.807) is 0 Å². The summed E-state index contributed by atoms with van der Waals surface area (Å²) in [5, 5.41) is 21.5. The number of aryl methyl sites for hydroxylation is 1. The Balaban J connectivity index is 1.20. The van der Waals surface area contributed by atoms with Crippen LogP contribution in [0.3, 0.4) is 0 Å². The molecule has 0 fully saturated rings. The minimum Gasteiger partial charge on any atom is -0.390 e. The van der Waals surface area contributed by atoms with E-state index in [0.717, 1.165) is 36.1 Å². The maximum atomic E-state index is 12.2. The van der Waals surface area contributed by atoms with E-state index in [0.29, 0.717) is 19.4 Å². The van der Waals surface area contributed by atoms with Gasteiger partial charge in [-0.2, -0.15) is 5.10 Å². The zero-order valence-corrected chi connectivity index (χ0v) is 15.9. The van der Waals surface area contributed by atoms with Crippen LogP contribution >= 0.6 is 0 Å². The Kier molecular flexibility index (Phi) is 5.69. The molecule has 4 rings (SSSR count). The number of benzene rings is 2. The van der Waals surface area contributed by atoms with E-state index in [9.17, 15) is 9.90 Å². The van der Waals surface area contributed by atoms with Crippen molar-refractivity contribution in [2.75, 3.05) is 19.6 Å². The van der Waals surface area contributed by atoms with E-state index in [4.69, 9.17) is 0 Å². The second-order valence-corrected chi connectivity index (χ2v) is 7.43. The molecule has 1 aliphatic heterocycles. The first-order chi connectivity index (χ1) is 13.7. The van der Waals surface area contributed by atoms with Crippen molar-refractivity contribution in [2.45, 2.75) is 31.9 Å². The smallest absolute Gasteiger partial charge is 0.220 e. The molecule has 3 aromatic rings. The van der Waals surface area contributed by atoms with Crippen LogP contribution in [0.2, 0.25) is 0 Å². The molecule has 0 bridgehead atoms. The minimum absolute atomic E-state index is 0.0540. The molecule has 6 heteroatoms. The molecule has 6 nitrogen and oxygen atoms in total. The van der Waals surface area contributed by atoms with Gasteiger partial charge in [0.1, 0.15) is 0 Å². The van der Waals surface area contributed by atoms with Crippen molar-refractivity contribution in [3.63, 3.8) is 0 Å². The highest BCUT2D eigenvalue weighted by Crippen LogP contribution is 2.18. The number of fused-ring (bicyclic) bond motifs is 2. The molecular weight excluding hydrogens is 352 g/mol. The molecular formula is C22H26N4O2. The van der Waals surface area contributed by atoms with Gasteiger partial charge in [0, 0.05) is 43.7 Å². The molecule has 28 heavy (non-hydrogen) atoms. The maximum absolute atomic E-state index is 12.2. The largest absolute Gasteiger partial charge is 0.390 e. The van der Waals surface area contributed by atoms with Gasteiger partial charge in [-0.05, 0) is 30.0 Å². The Morgan fingerprint density at radius 3 is 2.86 bits per heavy atom. The second-order valence-electron chi connectivity index (χ2n) is 7.43. The number of aliphatic hydroxyl groups excluding tert-OH is 1. The summed E-state index contributed by atoms with van der Waals surface area (Å²) in [6, 6.07) is 16.3. The summed E-state index contributed by atoms with van der Waals surface area (Å²) >= 11 is 0. The van der Waals surface area contributed by atoms with Gasteiger partial charge in [0.15, 0.2) is 0 Å². The molecule has 2 heterocycles. The Morgan fingerprint density at radius 2 is 1.96 bits per heavy atom. The van der Waals surface area contributed by atoms with Gasteiger partial charge >= 0.3 is 0 Å². The van der Waals surface area contributed by atoms with Crippen LogP contribution in [-0.4, -0.2) is 51.8 Å². The van der Waals surface area contributed by atoms with Crippen molar-refractivity contribution in [3.05, 3.63) is 65.4 Å². The Labute approximate surface area is 164 Å². The zero-order valence-electron chi connectivity index (χ0n) is 15.9. The van der Waals surface area contributed by atoms with Crippen molar-refractivity contribution in [2.24, 2.45) is 0 Å². The second kappa shape index (κ2) is 8.54. The van der Waals surface area contributed by atoms with E-state index in [2.05, 4.69) is 44.7 Å². The van der Waals surface area contributed by atoms with Gasteiger partial charge in [-0.3, -0.25) is 14.8 Å². The summed E-state index contributed by atoms with van der Waals surface area (Å²) in [7, 11) is 0. The minimum atomic E-state index is -0.567. The lowest BCUT2D eigenvalue weighted by Gasteiger charge is -2.30. The molecule has 0 radical (unpaired) electrons. The van der Waals surface area contributed by atoms with E-state index < -0.39 is 6.10 Å². The van der Waals surface area contributed by atoms with Gasteiger partial charge in [0.05, 0.1) is 11.6 Å². The van der Waals surface area contributed by atoms with Crippen molar-refractivity contribution in [1.82, 2.24) is 20.4 Å². The number of amides is 1. The number of para-hydroxylation sites is 1. The predicted octanol–water partition coefficient (Wildman–Crippen LogP) is 2.03. The number of carbonyl (C=O) groups is 1. The van der Waals surface area contributed by atoms with Gasteiger partial charge in [-0.25, -0.2) is 0 Å². The van der Waals surface area contributed by atoms with Crippen molar-refractivity contribution in [1.29, 1.82) is 0 Å². The first-order valence-electron chi connectivity index (χ1n) is 9.85. The number of aliphatic hydroxyl groups is 1. The highest BCUT2D eigenvalue weighted by Gasteiger charge is 2.18. The van der Waals surface area contributed by atoms with Crippen LogP contribution in [0.5, 0.6) is 0 Å². The van der Waals surface area contributed by atoms with Crippen LogP contribution < -0.4 is 5.32 Å². The number of rotatable bonds is 7. The first-order valence-corrected chi connectivity index (χ1v) is 9.85. The van der Waals surface area contributed by atoms with Gasteiger partial charge in [-0.15, -0.1) is 0 Å². The van der Waals surface area contributed by atoms with E-state index in [1.165, 1.54) is 11.1 Å². The number of nitrogens with zero attached hydrogens (tertiary/aromatic N) is 2. The van der Waals surface area contributed by atoms with Crippen molar-refractivity contribution >= 4 is 16.8 Å². The highest BCUT2D eigenvalue weighted by atomic mass is 16.3. The zero-order chi connectivity index (χ0) is 19.3. The SMILES string of the molecule is O=C(CCc1[nH]nc2ccccc12)NCC(O)CN1CCc2ccccc2C1. The van der Waals surface area contributed by atoms with E-state index in [-0.39, 0.29) is 12.5 Å². The van der Waals surface area contributed by atoms with Gasteiger partial charge in [-0.1, -0.05) is 42.5 Å². The normalized spacial score (nSPS) is 15.3. The molecule has 1 amide bonds. The quantitative estimate of drug-likeness (QED) is 0.588. The van der Waals surface area contributed by atoms with Crippen LogP contribution in [-0.2, 0) is 24.2 Å². The van der Waals surface area contributed by atoms with Gasteiger partial charge in [0.2, 0.25) is 5.91 Å². The number of H-pyrrole nitrogens is 1. The Morgan fingerprint density at radius 1 is 1.18 bits per heavy atom.